The summed E-state index contributed by atoms with van der Waals surface area (Å²) in [7, 11) is 0. The summed E-state index contributed by atoms with van der Waals surface area (Å²) in [5, 5.41) is 3.56. The van der Waals surface area contributed by atoms with Gasteiger partial charge < -0.3 is 15.0 Å². The molecule has 0 amide bonds. The van der Waals surface area contributed by atoms with Crippen molar-refractivity contribution in [3.63, 3.8) is 0 Å². The number of morpholine rings is 1. The Hall–Kier alpha value is -0.120. The van der Waals surface area contributed by atoms with E-state index in [1.165, 1.54) is 25.9 Å². The van der Waals surface area contributed by atoms with E-state index in [0.29, 0.717) is 6.04 Å². The zero-order valence-electron chi connectivity index (χ0n) is 19.3. The van der Waals surface area contributed by atoms with E-state index in [1.54, 1.807) is 0 Å². The van der Waals surface area contributed by atoms with Crippen molar-refractivity contribution < 1.29 is 4.74 Å². The minimum atomic E-state index is 0. The second-order valence-electron chi connectivity index (χ2n) is 9.87. The third-order valence-corrected chi connectivity index (χ3v) is 6.70. The van der Waals surface area contributed by atoms with Crippen LogP contribution in [0.1, 0.15) is 47.5 Å². The normalized spacial score (nSPS) is 30.3. The number of guanidine groups is 1. The summed E-state index contributed by atoms with van der Waals surface area (Å²) in [5.74, 6) is 2.67. The van der Waals surface area contributed by atoms with Gasteiger partial charge in [0.05, 0.1) is 19.8 Å². The van der Waals surface area contributed by atoms with Crippen LogP contribution in [-0.2, 0) is 4.74 Å². The van der Waals surface area contributed by atoms with Crippen LogP contribution in [0, 0.1) is 11.8 Å². The summed E-state index contributed by atoms with van der Waals surface area (Å²) in [4.78, 5) is 12.9. The molecule has 3 fully saturated rings. The fourth-order valence-electron chi connectivity index (χ4n) is 5.13. The largest absolute Gasteiger partial charge is 0.379 e. The van der Waals surface area contributed by atoms with E-state index in [2.05, 4.69) is 54.6 Å². The molecule has 29 heavy (non-hydrogen) atoms. The van der Waals surface area contributed by atoms with Crippen molar-refractivity contribution in [2.75, 3.05) is 65.6 Å². The summed E-state index contributed by atoms with van der Waals surface area (Å²) < 4.78 is 5.52. The summed E-state index contributed by atoms with van der Waals surface area (Å²) in [6, 6.07) is 0.643. The SMILES string of the molecule is CCNC(=NCC(C)(C)N1CC(C)CC(C)C1)N1CCC(N2CCOCC2)C1.I. The monoisotopic (exact) mass is 521 g/mol. The van der Waals surface area contributed by atoms with Crippen LogP contribution in [0.15, 0.2) is 4.99 Å². The minimum absolute atomic E-state index is 0. The summed E-state index contributed by atoms with van der Waals surface area (Å²) in [6.07, 6.45) is 2.59. The van der Waals surface area contributed by atoms with Gasteiger partial charge in [0.1, 0.15) is 0 Å². The first-order valence-corrected chi connectivity index (χ1v) is 11.5. The molecule has 170 valence electrons. The molecule has 1 N–H and O–H groups in total. The van der Waals surface area contributed by atoms with E-state index in [1.807, 2.05) is 0 Å². The molecule has 3 aliphatic rings. The average molecular weight is 522 g/mol. The molecular formula is C22H44IN5O. The molecule has 3 saturated heterocycles. The maximum Gasteiger partial charge on any atom is 0.194 e. The molecule has 6 nitrogen and oxygen atoms in total. The Morgan fingerprint density at radius 3 is 2.34 bits per heavy atom. The Morgan fingerprint density at radius 2 is 1.72 bits per heavy atom. The van der Waals surface area contributed by atoms with Gasteiger partial charge >= 0.3 is 0 Å². The molecule has 0 bridgehead atoms. The van der Waals surface area contributed by atoms with Crippen LogP contribution in [-0.4, -0.2) is 97.8 Å². The lowest BCUT2D eigenvalue weighted by atomic mass is 9.88. The van der Waals surface area contributed by atoms with Gasteiger partial charge in [0.2, 0.25) is 0 Å². The molecular weight excluding hydrogens is 477 g/mol. The molecule has 3 aliphatic heterocycles. The maximum atomic E-state index is 5.52. The lowest BCUT2D eigenvalue weighted by molar-refractivity contribution is 0.0194. The van der Waals surface area contributed by atoms with Crippen molar-refractivity contribution in [1.29, 1.82) is 0 Å². The number of nitrogens with zero attached hydrogens (tertiary/aromatic N) is 4. The fraction of sp³-hybridized carbons (Fsp3) is 0.955. The number of rotatable bonds is 5. The Labute approximate surface area is 195 Å². The first-order valence-electron chi connectivity index (χ1n) is 11.5. The number of piperidine rings is 1. The molecule has 3 atom stereocenters. The van der Waals surface area contributed by atoms with Crippen LogP contribution in [0.5, 0.6) is 0 Å². The Morgan fingerprint density at radius 1 is 1.07 bits per heavy atom. The zero-order valence-corrected chi connectivity index (χ0v) is 21.7. The van der Waals surface area contributed by atoms with E-state index in [9.17, 15) is 0 Å². The lowest BCUT2D eigenvalue weighted by Crippen LogP contribution is -2.53. The van der Waals surface area contributed by atoms with Crippen molar-refractivity contribution >= 4 is 29.9 Å². The zero-order chi connectivity index (χ0) is 20.1. The summed E-state index contributed by atoms with van der Waals surface area (Å²) in [6.45, 7) is 22.0. The molecule has 0 spiro atoms. The Bertz CT molecular complexity index is 513. The smallest absolute Gasteiger partial charge is 0.194 e. The van der Waals surface area contributed by atoms with E-state index < -0.39 is 0 Å². The van der Waals surface area contributed by atoms with Crippen molar-refractivity contribution in [2.45, 2.75) is 59.0 Å². The number of hydrogen-bond acceptors (Lipinski definition) is 4. The quantitative estimate of drug-likeness (QED) is 0.343. The van der Waals surface area contributed by atoms with Crippen LogP contribution in [0.3, 0.4) is 0 Å². The van der Waals surface area contributed by atoms with Crippen LogP contribution in [0.2, 0.25) is 0 Å². The topological polar surface area (TPSA) is 43.3 Å². The van der Waals surface area contributed by atoms with Crippen molar-refractivity contribution in [3.8, 4) is 0 Å². The van der Waals surface area contributed by atoms with Gasteiger partial charge in [0.25, 0.3) is 0 Å². The third-order valence-electron chi connectivity index (χ3n) is 6.70. The molecule has 0 aliphatic carbocycles. The highest BCUT2D eigenvalue weighted by Crippen LogP contribution is 2.27. The molecule has 0 saturated carbocycles. The van der Waals surface area contributed by atoms with Crippen LogP contribution in [0.25, 0.3) is 0 Å². The lowest BCUT2D eigenvalue weighted by Gasteiger charge is -2.44. The molecule has 0 aromatic heterocycles. The van der Waals surface area contributed by atoms with E-state index >= 15 is 0 Å². The number of nitrogens with one attached hydrogen (secondary N) is 1. The highest BCUT2D eigenvalue weighted by atomic mass is 127. The highest BCUT2D eigenvalue weighted by Gasteiger charge is 2.34. The summed E-state index contributed by atoms with van der Waals surface area (Å²) >= 11 is 0. The van der Waals surface area contributed by atoms with Crippen molar-refractivity contribution in [1.82, 2.24) is 20.0 Å². The van der Waals surface area contributed by atoms with E-state index in [4.69, 9.17) is 9.73 Å². The minimum Gasteiger partial charge on any atom is -0.379 e. The van der Waals surface area contributed by atoms with Gasteiger partial charge in [-0.3, -0.25) is 14.8 Å². The number of likely N-dealkylation sites (tertiary alicyclic amines) is 2. The standard InChI is InChI=1S/C22H43N5O.HI/c1-6-23-21(26-8-7-20(16-26)25-9-11-28-12-10-25)24-17-22(4,5)27-14-18(2)13-19(3)15-27;/h18-20H,6-17H2,1-5H3,(H,23,24);1H. The maximum absolute atomic E-state index is 5.52. The van der Waals surface area contributed by atoms with Gasteiger partial charge in [0, 0.05) is 57.4 Å². The van der Waals surface area contributed by atoms with Gasteiger partial charge in [-0.05, 0) is 45.4 Å². The number of ether oxygens (including phenoxy) is 1. The van der Waals surface area contributed by atoms with Crippen molar-refractivity contribution in [3.05, 3.63) is 0 Å². The first kappa shape index (κ1) is 25.1. The van der Waals surface area contributed by atoms with Gasteiger partial charge in [-0.25, -0.2) is 0 Å². The van der Waals surface area contributed by atoms with Gasteiger partial charge in [-0.1, -0.05) is 13.8 Å². The van der Waals surface area contributed by atoms with Gasteiger partial charge in [0.15, 0.2) is 5.96 Å². The molecule has 0 aromatic carbocycles. The van der Waals surface area contributed by atoms with Crippen LogP contribution < -0.4 is 5.32 Å². The predicted molar refractivity (Wildman–Crippen MR) is 132 cm³/mol. The predicted octanol–water partition coefficient (Wildman–Crippen LogP) is 2.73. The number of hydrogen-bond donors (Lipinski definition) is 1. The fourth-order valence-corrected chi connectivity index (χ4v) is 5.13. The third kappa shape index (κ3) is 6.94. The van der Waals surface area contributed by atoms with Crippen molar-refractivity contribution in [2.24, 2.45) is 16.8 Å². The highest BCUT2D eigenvalue weighted by molar-refractivity contribution is 14.0. The van der Waals surface area contributed by atoms with E-state index in [0.717, 1.165) is 70.3 Å². The molecule has 0 radical (unpaired) electrons. The van der Waals surface area contributed by atoms with E-state index in [-0.39, 0.29) is 29.5 Å². The number of aliphatic imine (C=N–C) groups is 1. The summed E-state index contributed by atoms with van der Waals surface area (Å²) in [5.41, 5.74) is 0.104. The average Bonchev–Trinajstić information content (AvgIpc) is 3.15. The number of halogens is 1. The Kier molecular flexibility index (Phi) is 9.96. The molecule has 0 aromatic rings. The molecule has 7 heteroatoms. The molecule has 3 rings (SSSR count). The first-order chi connectivity index (χ1) is 13.4. The Balaban J connectivity index is 0.00000300. The molecule has 3 unspecified atom stereocenters. The van der Waals surface area contributed by atoms with Gasteiger partial charge in [-0.15, -0.1) is 24.0 Å². The second-order valence-corrected chi connectivity index (χ2v) is 9.87. The van der Waals surface area contributed by atoms with Gasteiger partial charge in [-0.2, -0.15) is 0 Å². The van der Waals surface area contributed by atoms with Crippen LogP contribution in [0.4, 0.5) is 0 Å². The second kappa shape index (κ2) is 11.5. The molecule has 3 heterocycles. The van der Waals surface area contributed by atoms with Crippen LogP contribution >= 0.6 is 24.0 Å².